The molecule has 5 nitrogen and oxygen atoms in total. The van der Waals surface area contributed by atoms with Gasteiger partial charge >= 0.3 is 6.18 Å². The van der Waals surface area contributed by atoms with Crippen molar-refractivity contribution >= 4 is 23.1 Å². The summed E-state index contributed by atoms with van der Waals surface area (Å²) in [6.45, 7) is 2.06. The Balaban J connectivity index is 1.74. The van der Waals surface area contributed by atoms with Gasteiger partial charge in [0.15, 0.2) is 0 Å². The maximum absolute atomic E-state index is 12.9. The van der Waals surface area contributed by atoms with Gasteiger partial charge in [-0.05, 0) is 42.8 Å². The molecule has 0 atom stereocenters. The maximum Gasteiger partial charge on any atom is 0.416 e. The fourth-order valence-corrected chi connectivity index (χ4v) is 2.72. The Hall–Kier alpha value is -3.29. The predicted octanol–water partition coefficient (Wildman–Crippen LogP) is 5.23. The number of hydrogen-bond acceptors (Lipinski definition) is 5. The van der Waals surface area contributed by atoms with Gasteiger partial charge in [-0.2, -0.15) is 18.2 Å². The number of hydrogen-bond donors (Lipinski definition) is 2. The van der Waals surface area contributed by atoms with E-state index >= 15 is 0 Å². The second-order valence-corrected chi connectivity index (χ2v) is 6.85. The van der Waals surface area contributed by atoms with Crippen LogP contribution in [-0.2, 0) is 12.7 Å². The fourth-order valence-electron chi connectivity index (χ4n) is 2.72. The lowest BCUT2D eigenvalue weighted by molar-refractivity contribution is -0.137. The van der Waals surface area contributed by atoms with Crippen LogP contribution in [0.5, 0.6) is 0 Å². The molecular weight excluding hydrogens is 379 g/mol. The number of benzene rings is 2. The van der Waals surface area contributed by atoms with E-state index in [1.807, 2.05) is 50.2 Å². The third kappa shape index (κ3) is 5.37. The number of aromatic nitrogens is 2. The van der Waals surface area contributed by atoms with Crippen LogP contribution >= 0.6 is 0 Å². The molecule has 1 heterocycles. The number of anilines is 4. The van der Waals surface area contributed by atoms with Crippen LogP contribution in [0.3, 0.4) is 0 Å². The molecule has 0 aliphatic rings. The van der Waals surface area contributed by atoms with Crippen molar-refractivity contribution in [3.63, 3.8) is 0 Å². The highest BCUT2D eigenvalue weighted by Crippen LogP contribution is 2.29. The molecule has 0 aliphatic heterocycles. The number of alkyl halides is 3. The second kappa shape index (κ2) is 8.38. The first kappa shape index (κ1) is 20.4. The first-order chi connectivity index (χ1) is 13.7. The number of aryl methyl sites for hydroxylation is 1. The van der Waals surface area contributed by atoms with Crippen LogP contribution < -0.4 is 15.5 Å². The Morgan fingerprint density at radius 1 is 1.03 bits per heavy atom. The van der Waals surface area contributed by atoms with E-state index in [1.165, 1.54) is 6.07 Å². The number of rotatable bonds is 6. The molecule has 0 fully saturated rings. The molecule has 0 saturated carbocycles. The molecular formula is C21H22F3N5. The van der Waals surface area contributed by atoms with Gasteiger partial charge in [0.1, 0.15) is 5.82 Å². The first-order valence-electron chi connectivity index (χ1n) is 9.00. The lowest BCUT2D eigenvalue weighted by Gasteiger charge is -2.15. The zero-order valence-corrected chi connectivity index (χ0v) is 16.4. The Labute approximate surface area is 167 Å². The molecule has 0 amide bonds. The third-order valence-corrected chi connectivity index (χ3v) is 4.30. The van der Waals surface area contributed by atoms with E-state index < -0.39 is 11.7 Å². The maximum atomic E-state index is 12.9. The summed E-state index contributed by atoms with van der Waals surface area (Å²) in [5.74, 6) is 0.960. The Kier molecular flexibility index (Phi) is 5.91. The van der Waals surface area contributed by atoms with Crippen LogP contribution in [0.15, 0.2) is 54.7 Å². The normalized spacial score (nSPS) is 11.2. The monoisotopic (exact) mass is 401 g/mol. The summed E-state index contributed by atoms with van der Waals surface area (Å²) in [5.41, 5.74) is 2.52. The van der Waals surface area contributed by atoms with Crippen LogP contribution in [0.2, 0.25) is 0 Å². The molecule has 0 aliphatic carbocycles. The smallest absolute Gasteiger partial charge is 0.378 e. The molecule has 3 rings (SSSR count). The SMILES string of the molecule is Cc1cnc(Nc2cccc(N(C)C)c2)nc1NCc1cccc(C(F)(F)F)c1. The number of halogens is 3. The van der Waals surface area contributed by atoms with E-state index in [-0.39, 0.29) is 6.54 Å². The number of nitrogens with zero attached hydrogens (tertiary/aromatic N) is 3. The molecule has 29 heavy (non-hydrogen) atoms. The van der Waals surface area contributed by atoms with Crippen molar-refractivity contribution in [3.8, 4) is 0 Å². The van der Waals surface area contributed by atoms with Gasteiger partial charge in [0.05, 0.1) is 5.56 Å². The minimum atomic E-state index is -4.36. The lowest BCUT2D eigenvalue weighted by Crippen LogP contribution is -2.09. The third-order valence-electron chi connectivity index (χ3n) is 4.30. The van der Waals surface area contributed by atoms with Gasteiger partial charge in [-0.25, -0.2) is 4.98 Å². The first-order valence-corrected chi connectivity index (χ1v) is 9.00. The van der Waals surface area contributed by atoms with Crippen molar-refractivity contribution in [1.29, 1.82) is 0 Å². The van der Waals surface area contributed by atoms with E-state index in [0.717, 1.165) is 29.1 Å². The zero-order valence-electron chi connectivity index (χ0n) is 16.4. The van der Waals surface area contributed by atoms with E-state index in [2.05, 4.69) is 20.6 Å². The fraction of sp³-hybridized carbons (Fsp3) is 0.238. The Morgan fingerprint density at radius 3 is 2.52 bits per heavy atom. The van der Waals surface area contributed by atoms with Gasteiger partial charge in [-0.3, -0.25) is 0 Å². The average molecular weight is 401 g/mol. The van der Waals surface area contributed by atoms with Gasteiger partial charge in [-0.15, -0.1) is 0 Å². The summed E-state index contributed by atoms with van der Waals surface area (Å²) in [6, 6.07) is 13.0. The molecule has 2 N–H and O–H groups in total. The van der Waals surface area contributed by atoms with E-state index in [9.17, 15) is 13.2 Å². The molecule has 2 aromatic carbocycles. The lowest BCUT2D eigenvalue weighted by atomic mass is 10.1. The predicted molar refractivity (Wildman–Crippen MR) is 110 cm³/mol. The highest BCUT2D eigenvalue weighted by molar-refractivity contribution is 5.62. The Morgan fingerprint density at radius 2 is 1.79 bits per heavy atom. The molecule has 0 saturated heterocycles. The van der Waals surface area contributed by atoms with Crippen molar-refractivity contribution in [3.05, 3.63) is 71.4 Å². The van der Waals surface area contributed by atoms with E-state index in [4.69, 9.17) is 0 Å². The van der Waals surface area contributed by atoms with Crippen LogP contribution in [0, 0.1) is 6.92 Å². The van der Waals surface area contributed by atoms with E-state index in [0.29, 0.717) is 17.3 Å². The largest absolute Gasteiger partial charge is 0.416 e. The second-order valence-electron chi connectivity index (χ2n) is 6.85. The van der Waals surface area contributed by atoms with Gasteiger partial charge in [0.25, 0.3) is 0 Å². The van der Waals surface area contributed by atoms with Crippen molar-refractivity contribution in [2.45, 2.75) is 19.6 Å². The molecule has 8 heteroatoms. The van der Waals surface area contributed by atoms with Crippen LogP contribution in [-0.4, -0.2) is 24.1 Å². The standard InChI is InChI=1S/C21H22F3N5/c1-14-12-26-20(27-17-8-5-9-18(11-17)29(2)3)28-19(14)25-13-15-6-4-7-16(10-15)21(22,23)24/h4-12H,13H2,1-3H3,(H2,25,26,27,28). The summed E-state index contributed by atoms with van der Waals surface area (Å²) < 4.78 is 38.6. The van der Waals surface area contributed by atoms with E-state index in [1.54, 1.807) is 12.3 Å². The van der Waals surface area contributed by atoms with Crippen LogP contribution in [0.4, 0.5) is 36.3 Å². The van der Waals surface area contributed by atoms with Gasteiger partial charge in [-0.1, -0.05) is 18.2 Å². The molecule has 3 aromatic rings. The highest BCUT2D eigenvalue weighted by atomic mass is 19.4. The van der Waals surface area contributed by atoms with Crippen molar-refractivity contribution < 1.29 is 13.2 Å². The highest BCUT2D eigenvalue weighted by Gasteiger charge is 2.30. The van der Waals surface area contributed by atoms with Gasteiger partial charge in [0.2, 0.25) is 5.95 Å². The molecule has 1 aromatic heterocycles. The minimum Gasteiger partial charge on any atom is -0.378 e. The minimum absolute atomic E-state index is 0.220. The molecule has 152 valence electrons. The van der Waals surface area contributed by atoms with Crippen molar-refractivity contribution in [2.75, 3.05) is 29.6 Å². The van der Waals surface area contributed by atoms with Crippen molar-refractivity contribution in [2.24, 2.45) is 0 Å². The summed E-state index contributed by atoms with van der Waals surface area (Å²) >= 11 is 0. The topological polar surface area (TPSA) is 53.1 Å². The Bertz CT molecular complexity index is 986. The molecule has 0 radical (unpaired) electrons. The van der Waals surface area contributed by atoms with Crippen molar-refractivity contribution in [1.82, 2.24) is 9.97 Å². The quantitative estimate of drug-likeness (QED) is 0.593. The molecule has 0 bridgehead atoms. The summed E-state index contributed by atoms with van der Waals surface area (Å²) in [4.78, 5) is 10.7. The van der Waals surface area contributed by atoms with Gasteiger partial charge in [0, 0.05) is 43.8 Å². The zero-order chi connectivity index (χ0) is 21.0. The summed E-state index contributed by atoms with van der Waals surface area (Å²) in [6.07, 6.45) is -2.70. The molecule has 0 spiro atoms. The summed E-state index contributed by atoms with van der Waals surface area (Å²) in [7, 11) is 3.91. The van der Waals surface area contributed by atoms with Crippen LogP contribution in [0.1, 0.15) is 16.7 Å². The molecule has 0 unspecified atom stereocenters. The van der Waals surface area contributed by atoms with Gasteiger partial charge < -0.3 is 15.5 Å². The average Bonchev–Trinajstić information content (AvgIpc) is 2.68. The summed E-state index contributed by atoms with van der Waals surface area (Å²) in [5, 5.41) is 6.25. The van der Waals surface area contributed by atoms with Crippen LogP contribution in [0.25, 0.3) is 0 Å². The number of nitrogens with one attached hydrogen (secondary N) is 2.